The normalized spacial score (nSPS) is 11.7. The first-order valence-electron chi connectivity index (χ1n) is 6.58. The highest BCUT2D eigenvalue weighted by Gasteiger charge is 2.18. The lowest BCUT2D eigenvalue weighted by molar-refractivity contribution is -0.123. The van der Waals surface area contributed by atoms with Crippen LogP contribution in [-0.2, 0) is 17.9 Å². The van der Waals surface area contributed by atoms with Crippen LogP contribution < -0.4 is 16.4 Å². The molecule has 0 radical (unpaired) electrons. The first kappa shape index (κ1) is 17.3. The van der Waals surface area contributed by atoms with Gasteiger partial charge in [-0.1, -0.05) is 24.3 Å². The number of aliphatic hydroxyl groups excluding tert-OH is 1. The van der Waals surface area contributed by atoms with E-state index in [0.717, 1.165) is 16.9 Å². The summed E-state index contributed by atoms with van der Waals surface area (Å²) < 4.78 is 0. The fourth-order valence-electron chi connectivity index (χ4n) is 1.75. The van der Waals surface area contributed by atoms with Crippen molar-refractivity contribution in [2.75, 3.05) is 12.0 Å². The Bertz CT molecular complexity index is 465. The SMILES string of the molecule is CSCCC(NC(N)=O)C(=O)NCc1ccc(CO)cc1. The summed E-state index contributed by atoms with van der Waals surface area (Å²) in [6.45, 7) is 0.354. The van der Waals surface area contributed by atoms with Crippen molar-refractivity contribution in [3.8, 4) is 0 Å². The van der Waals surface area contributed by atoms with Crippen LogP contribution in [0.4, 0.5) is 4.79 Å². The van der Waals surface area contributed by atoms with E-state index in [1.165, 1.54) is 0 Å². The Balaban J connectivity index is 2.52. The fourth-order valence-corrected chi connectivity index (χ4v) is 2.22. The summed E-state index contributed by atoms with van der Waals surface area (Å²) in [4.78, 5) is 23.0. The summed E-state index contributed by atoms with van der Waals surface area (Å²) in [5.41, 5.74) is 6.82. The molecule has 116 valence electrons. The van der Waals surface area contributed by atoms with Crippen LogP contribution in [0.5, 0.6) is 0 Å². The monoisotopic (exact) mass is 311 g/mol. The topological polar surface area (TPSA) is 104 Å². The number of primary amides is 1. The van der Waals surface area contributed by atoms with Gasteiger partial charge in [0.25, 0.3) is 0 Å². The molecule has 0 aliphatic heterocycles. The molecule has 21 heavy (non-hydrogen) atoms. The van der Waals surface area contributed by atoms with E-state index in [-0.39, 0.29) is 12.5 Å². The number of nitrogens with two attached hydrogens (primary N) is 1. The molecule has 3 amide bonds. The molecule has 0 fully saturated rings. The maximum Gasteiger partial charge on any atom is 0.312 e. The molecular weight excluding hydrogens is 290 g/mol. The van der Waals surface area contributed by atoms with Crippen molar-refractivity contribution in [3.63, 3.8) is 0 Å². The Morgan fingerprint density at radius 1 is 1.29 bits per heavy atom. The molecule has 0 aliphatic rings. The molecule has 1 unspecified atom stereocenters. The van der Waals surface area contributed by atoms with E-state index >= 15 is 0 Å². The molecule has 0 aliphatic carbocycles. The predicted molar refractivity (Wildman–Crippen MR) is 83.7 cm³/mol. The van der Waals surface area contributed by atoms with Crippen LogP contribution >= 0.6 is 11.8 Å². The molecule has 6 nitrogen and oxygen atoms in total. The van der Waals surface area contributed by atoms with Crippen molar-refractivity contribution in [1.82, 2.24) is 10.6 Å². The minimum absolute atomic E-state index is 0.00801. The van der Waals surface area contributed by atoms with Crippen molar-refractivity contribution in [2.24, 2.45) is 5.73 Å². The first-order valence-corrected chi connectivity index (χ1v) is 7.97. The maximum atomic E-state index is 12.1. The molecule has 1 atom stereocenters. The van der Waals surface area contributed by atoms with Gasteiger partial charge in [0.05, 0.1) is 6.61 Å². The average Bonchev–Trinajstić information content (AvgIpc) is 2.49. The molecule has 0 spiro atoms. The van der Waals surface area contributed by atoms with Gasteiger partial charge in [0.2, 0.25) is 5.91 Å². The number of thioether (sulfide) groups is 1. The lowest BCUT2D eigenvalue weighted by atomic mass is 10.1. The zero-order valence-electron chi connectivity index (χ0n) is 12.0. The van der Waals surface area contributed by atoms with E-state index in [1.807, 2.05) is 18.4 Å². The Labute approximate surface area is 128 Å². The molecule has 5 N–H and O–H groups in total. The van der Waals surface area contributed by atoms with Crippen molar-refractivity contribution in [1.29, 1.82) is 0 Å². The Hall–Kier alpha value is -1.73. The predicted octanol–water partition coefficient (Wildman–Crippen LogP) is 0.585. The van der Waals surface area contributed by atoms with Crippen molar-refractivity contribution in [2.45, 2.75) is 25.6 Å². The van der Waals surface area contributed by atoms with E-state index in [1.54, 1.807) is 23.9 Å². The summed E-state index contributed by atoms with van der Waals surface area (Å²) in [7, 11) is 0. The number of aliphatic hydroxyl groups is 1. The Morgan fingerprint density at radius 3 is 2.43 bits per heavy atom. The van der Waals surface area contributed by atoms with Gasteiger partial charge in [-0.2, -0.15) is 11.8 Å². The van der Waals surface area contributed by atoms with Crippen LogP contribution in [0.15, 0.2) is 24.3 Å². The molecule has 0 saturated carbocycles. The summed E-state index contributed by atoms with van der Waals surface area (Å²) >= 11 is 1.60. The smallest absolute Gasteiger partial charge is 0.312 e. The van der Waals surface area contributed by atoms with Gasteiger partial charge in [0.1, 0.15) is 6.04 Å². The maximum absolute atomic E-state index is 12.1. The number of hydrogen-bond acceptors (Lipinski definition) is 4. The van der Waals surface area contributed by atoms with Crippen molar-refractivity contribution in [3.05, 3.63) is 35.4 Å². The molecule has 0 aromatic heterocycles. The van der Waals surface area contributed by atoms with Crippen LogP contribution in [0.25, 0.3) is 0 Å². The van der Waals surface area contributed by atoms with Crippen LogP contribution in [0.2, 0.25) is 0 Å². The van der Waals surface area contributed by atoms with Gasteiger partial charge in [-0.3, -0.25) is 4.79 Å². The summed E-state index contributed by atoms with van der Waals surface area (Å²) in [6, 6.07) is 5.95. The van der Waals surface area contributed by atoms with Gasteiger partial charge < -0.3 is 21.5 Å². The lowest BCUT2D eigenvalue weighted by Gasteiger charge is -2.17. The zero-order valence-corrected chi connectivity index (χ0v) is 12.8. The number of urea groups is 1. The third-order valence-corrected chi connectivity index (χ3v) is 3.56. The number of nitrogens with one attached hydrogen (secondary N) is 2. The Morgan fingerprint density at radius 2 is 1.90 bits per heavy atom. The fraction of sp³-hybridized carbons (Fsp3) is 0.429. The quantitative estimate of drug-likeness (QED) is 0.564. The minimum atomic E-state index is -0.705. The van der Waals surface area contributed by atoms with Gasteiger partial charge in [0, 0.05) is 6.54 Å². The van der Waals surface area contributed by atoms with E-state index in [9.17, 15) is 9.59 Å². The highest BCUT2D eigenvalue weighted by molar-refractivity contribution is 7.98. The third kappa shape index (κ3) is 6.50. The number of carbonyl (C=O) groups is 2. The molecule has 1 rings (SSSR count). The van der Waals surface area contributed by atoms with E-state index in [0.29, 0.717) is 13.0 Å². The van der Waals surface area contributed by atoms with Crippen LogP contribution in [0.1, 0.15) is 17.5 Å². The molecule has 7 heteroatoms. The number of benzene rings is 1. The van der Waals surface area contributed by atoms with E-state index < -0.39 is 12.1 Å². The third-order valence-electron chi connectivity index (χ3n) is 2.92. The second kappa shape index (κ2) is 9.25. The molecule has 0 heterocycles. The number of rotatable bonds is 8. The zero-order chi connectivity index (χ0) is 15.7. The first-order chi connectivity index (χ1) is 10.1. The number of amides is 3. The lowest BCUT2D eigenvalue weighted by Crippen LogP contribution is -2.48. The van der Waals surface area contributed by atoms with Crippen LogP contribution in [0.3, 0.4) is 0 Å². The summed E-state index contributed by atoms with van der Waals surface area (Å²) in [6.07, 6.45) is 2.46. The highest BCUT2D eigenvalue weighted by atomic mass is 32.2. The molecule has 0 bridgehead atoms. The number of hydrogen-bond donors (Lipinski definition) is 4. The summed E-state index contributed by atoms with van der Waals surface area (Å²) in [5.74, 6) is 0.498. The number of carbonyl (C=O) groups excluding carboxylic acids is 2. The van der Waals surface area contributed by atoms with E-state index in [2.05, 4.69) is 10.6 Å². The van der Waals surface area contributed by atoms with Gasteiger partial charge >= 0.3 is 6.03 Å². The van der Waals surface area contributed by atoms with Crippen LogP contribution in [0, 0.1) is 0 Å². The molecule has 0 saturated heterocycles. The standard InChI is InChI=1S/C14H21N3O3S/c1-21-7-6-12(17-14(15)20)13(19)16-8-10-2-4-11(9-18)5-3-10/h2-5,12,18H,6-9H2,1H3,(H,16,19)(H3,15,17,20). The summed E-state index contributed by atoms with van der Waals surface area (Å²) in [5, 5.41) is 14.2. The van der Waals surface area contributed by atoms with Gasteiger partial charge in [-0.05, 0) is 29.6 Å². The van der Waals surface area contributed by atoms with Gasteiger partial charge in [0.15, 0.2) is 0 Å². The van der Waals surface area contributed by atoms with Crippen LogP contribution in [-0.4, -0.2) is 35.1 Å². The minimum Gasteiger partial charge on any atom is -0.392 e. The highest BCUT2D eigenvalue weighted by Crippen LogP contribution is 2.05. The molecule has 1 aromatic carbocycles. The Kier molecular flexibility index (Phi) is 7.63. The van der Waals surface area contributed by atoms with Crippen molar-refractivity contribution < 1.29 is 14.7 Å². The average molecular weight is 311 g/mol. The molecular formula is C14H21N3O3S. The van der Waals surface area contributed by atoms with Gasteiger partial charge in [-0.15, -0.1) is 0 Å². The second-order valence-corrected chi connectivity index (χ2v) is 5.52. The molecule has 1 aromatic rings. The second-order valence-electron chi connectivity index (χ2n) is 4.54. The van der Waals surface area contributed by atoms with Crippen molar-refractivity contribution >= 4 is 23.7 Å². The largest absolute Gasteiger partial charge is 0.392 e. The van der Waals surface area contributed by atoms with Gasteiger partial charge in [-0.25, -0.2) is 4.79 Å². The van der Waals surface area contributed by atoms with E-state index in [4.69, 9.17) is 10.8 Å².